The third-order valence-electron chi connectivity index (χ3n) is 3.77. The highest BCUT2D eigenvalue weighted by Gasteiger charge is 2.31. The van der Waals surface area contributed by atoms with E-state index in [9.17, 15) is 27.6 Å². The predicted octanol–water partition coefficient (Wildman–Crippen LogP) is 1.93. The van der Waals surface area contributed by atoms with Crippen LogP contribution in [0, 0.1) is 0 Å². The summed E-state index contributed by atoms with van der Waals surface area (Å²) in [6.45, 7) is 0. The maximum absolute atomic E-state index is 12.8. The molecular weight excluding hydrogens is 421 g/mol. The van der Waals surface area contributed by atoms with E-state index in [1.54, 1.807) is 0 Å². The van der Waals surface area contributed by atoms with Gasteiger partial charge in [-0.2, -0.15) is 13.2 Å². The number of carbonyl (C=O) groups excluding carboxylic acids is 3. The zero-order valence-corrected chi connectivity index (χ0v) is 16.2. The van der Waals surface area contributed by atoms with Crippen LogP contribution in [0.1, 0.15) is 18.4 Å². The minimum Gasteiger partial charge on any atom is -0.359 e. The lowest BCUT2D eigenvalue weighted by atomic mass is 10.1. The topological polar surface area (TPSA) is 99.3 Å². The van der Waals surface area contributed by atoms with Crippen LogP contribution in [-0.4, -0.2) is 42.1 Å². The summed E-state index contributed by atoms with van der Waals surface area (Å²) in [6.07, 6.45) is -4.33. The molecule has 2 rings (SSSR count). The second kappa shape index (κ2) is 9.48. The predicted molar refractivity (Wildman–Crippen MR) is 99.7 cm³/mol. The van der Waals surface area contributed by atoms with Gasteiger partial charge in [-0.3, -0.25) is 19.7 Å². The van der Waals surface area contributed by atoms with E-state index in [2.05, 4.69) is 21.3 Å². The van der Waals surface area contributed by atoms with Crippen molar-refractivity contribution in [3.8, 4) is 0 Å². The first-order chi connectivity index (χ1) is 13.1. The number of carbonyl (C=O) groups is 3. The zero-order valence-electron chi connectivity index (χ0n) is 14.7. The van der Waals surface area contributed by atoms with Gasteiger partial charge in [0.05, 0.1) is 22.0 Å². The SMILES string of the molecule is CNC(=O)CC1CC(=O)NC(SCC(=O)Nc2cc(C(F)(F)F)ccc2Cl)N1. The Morgan fingerprint density at radius 2 is 2.04 bits per heavy atom. The van der Waals surface area contributed by atoms with Gasteiger partial charge in [-0.15, -0.1) is 11.8 Å². The van der Waals surface area contributed by atoms with Crippen LogP contribution in [0.15, 0.2) is 18.2 Å². The first-order valence-electron chi connectivity index (χ1n) is 8.12. The standard InChI is InChI=1S/C16H18ClF3N4O3S/c1-21-12(25)5-9-6-13(26)24-15(22-9)28-7-14(27)23-11-4-8(16(18,19)20)2-3-10(11)17/h2-4,9,15,22H,5-7H2,1H3,(H,21,25)(H,23,27)(H,24,26). The number of amides is 3. The molecule has 1 aromatic carbocycles. The molecule has 154 valence electrons. The van der Waals surface area contributed by atoms with Gasteiger partial charge in [-0.05, 0) is 18.2 Å². The number of halogens is 4. The Morgan fingerprint density at radius 3 is 2.68 bits per heavy atom. The van der Waals surface area contributed by atoms with Crippen molar-refractivity contribution < 1.29 is 27.6 Å². The summed E-state index contributed by atoms with van der Waals surface area (Å²) in [7, 11) is 1.49. The number of hydrogen-bond donors (Lipinski definition) is 4. The van der Waals surface area contributed by atoms with Crippen molar-refractivity contribution in [2.75, 3.05) is 18.1 Å². The largest absolute Gasteiger partial charge is 0.416 e. The average molecular weight is 439 g/mol. The van der Waals surface area contributed by atoms with Crippen molar-refractivity contribution >= 4 is 46.8 Å². The summed E-state index contributed by atoms with van der Waals surface area (Å²) in [5, 5.41) is 10.4. The molecule has 1 fully saturated rings. The van der Waals surface area contributed by atoms with Crippen LogP contribution in [0.2, 0.25) is 5.02 Å². The Labute approximate surface area is 168 Å². The molecule has 7 nitrogen and oxygen atoms in total. The molecule has 12 heteroatoms. The van der Waals surface area contributed by atoms with E-state index in [4.69, 9.17) is 11.6 Å². The molecule has 3 amide bonds. The Hall–Kier alpha value is -1.98. The van der Waals surface area contributed by atoms with Crippen molar-refractivity contribution in [3.05, 3.63) is 28.8 Å². The summed E-state index contributed by atoms with van der Waals surface area (Å²) < 4.78 is 38.3. The van der Waals surface area contributed by atoms with Crippen LogP contribution in [0.5, 0.6) is 0 Å². The molecule has 1 aliphatic rings. The van der Waals surface area contributed by atoms with Crippen molar-refractivity contribution in [2.24, 2.45) is 0 Å². The Bertz CT molecular complexity index is 763. The van der Waals surface area contributed by atoms with Gasteiger partial charge in [0.25, 0.3) is 0 Å². The second-order valence-corrected chi connectivity index (χ2v) is 7.44. The molecule has 0 aliphatic carbocycles. The molecule has 28 heavy (non-hydrogen) atoms. The summed E-state index contributed by atoms with van der Waals surface area (Å²) >= 11 is 6.87. The summed E-state index contributed by atoms with van der Waals surface area (Å²) in [6, 6.07) is 2.25. The van der Waals surface area contributed by atoms with Crippen LogP contribution in [0.4, 0.5) is 18.9 Å². The number of anilines is 1. The van der Waals surface area contributed by atoms with Gasteiger partial charge in [0, 0.05) is 25.9 Å². The number of rotatable bonds is 6. The molecule has 1 saturated heterocycles. The molecule has 1 aromatic rings. The van der Waals surface area contributed by atoms with Gasteiger partial charge in [0.15, 0.2) is 0 Å². The number of hydrogen-bond acceptors (Lipinski definition) is 5. The fourth-order valence-electron chi connectivity index (χ4n) is 2.43. The van der Waals surface area contributed by atoms with Gasteiger partial charge in [-0.1, -0.05) is 11.6 Å². The van der Waals surface area contributed by atoms with Crippen LogP contribution in [-0.2, 0) is 20.6 Å². The van der Waals surface area contributed by atoms with Crippen LogP contribution < -0.4 is 21.3 Å². The normalized spacial score (nSPS) is 19.7. The summed E-state index contributed by atoms with van der Waals surface area (Å²) in [5.41, 5.74) is -1.70. The molecular formula is C16H18ClF3N4O3S. The lowest BCUT2D eigenvalue weighted by molar-refractivity contribution is -0.137. The third kappa shape index (κ3) is 6.57. The Kier molecular flexibility index (Phi) is 7.55. The number of alkyl halides is 3. The lowest BCUT2D eigenvalue weighted by Gasteiger charge is -2.30. The highest BCUT2D eigenvalue weighted by atomic mass is 35.5. The van der Waals surface area contributed by atoms with Crippen molar-refractivity contribution in [1.82, 2.24) is 16.0 Å². The molecule has 0 saturated carbocycles. The first-order valence-corrected chi connectivity index (χ1v) is 9.55. The average Bonchev–Trinajstić information content (AvgIpc) is 2.60. The van der Waals surface area contributed by atoms with Gasteiger partial charge in [0.2, 0.25) is 17.7 Å². The fourth-order valence-corrected chi connectivity index (χ4v) is 3.49. The van der Waals surface area contributed by atoms with Crippen molar-refractivity contribution in [3.63, 3.8) is 0 Å². The Morgan fingerprint density at radius 1 is 1.32 bits per heavy atom. The van der Waals surface area contributed by atoms with E-state index < -0.39 is 23.1 Å². The van der Waals surface area contributed by atoms with Gasteiger partial charge in [0.1, 0.15) is 5.50 Å². The molecule has 0 spiro atoms. The van der Waals surface area contributed by atoms with E-state index in [0.29, 0.717) is 0 Å². The number of thioether (sulfide) groups is 1. The second-order valence-electron chi connectivity index (χ2n) is 5.94. The molecule has 4 N–H and O–H groups in total. The summed E-state index contributed by atoms with van der Waals surface area (Å²) in [5.74, 6) is -1.24. The van der Waals surface area contributed by atoms with Crippen molar-refractivity contribution in [1.29, 1.82) is 0 Å². The zero-order chi connectivity index (χ0) is 20.9. The molecule has 1 heterocycles. The van der Waals surface area contributed by atoms with Crippen LogP contribution in [0.25, 0.3) is 0 Å². The smallest absolute Gasteiger partial charge is 0.359 e. The molecule has 0 bridgehead atoms. The summed E-state index contributed by atoms with van der Waals surface area (Å²) in [4.78, 5) is 35.3. The molecule has 2 unspecified atom stereocenters. The van der Waals surface area contributed by atoms with Gasteiger partial charge in [-0.25, -0.2) is 0 Å². The lowest BCUT2D eigenvalue weighted by Crippen LogP contribution is -2.55. The number of benzene rings is 1. The molecule has 1 aliphatic heterocycles. The van der Waals surface area contributed by atoms with Crippen LogP contribution in [0.3, 0.4) is 0 Å². The molecule has 0 radical (unpaired) electrons. The van der Waals surface area contributed by atoms with E-state index in [0.717, 1.165) is 30.0 Å². The maximum atomic E-state index is 12.8. The van der Waals surface area contributed by atoms with E-state index in [1.807, 2.05) is 0 Å². The van der Waals surface area contributed by atoms with Gasteiger partial charge < -0.3 is 16.0 Å². The van der Waals surface area contributed by atoms with E-state index in [1.165, 1.54) is 7.05 Å². The maximum Gasteiger partial charge on any atom is 0.416 e. The highest BCUT2D eigenvalue weighted by molar-refractivity contribution is 8.00. The fraction of sp³-hybridized carbons (Fsp3) is 0.438. The molecule has 0 aromatic heterocycles. The minimum absolute atomic E-state index is 0.0268. The number of nitrogens with one attached hydrogen (secondary N) is 4. The quantitative estimate of drug-likeness (QED) is 0.544. The highest BCUT2D eigenvalue weighted by Crippen LogP contribution is 2.33. The third-order valence-corrected chi connectivity index (χ3v) is 5.12. The van der Waals surface area contributed by atoms with Crippen molar-refractivity contribution in [2.45, 2.75) is 30.6 Å². The van der Waals surface area contributed by atoms with E-state index >= 15 is 0 Å². The first kappa shape index (κ1) is 22.3. The van der Waals surface area contributed by atoms with E-state index in [-0.39, 0.29) is 47.2 Å². The van der Waals surface area contributed by atoms with Crippen LogP contribution >= 0.6 is 23.4 Å². The monoisotopic (exact) mass is 438 g/mol. The Balaban J connectivity index is 1.91. The molecule has 2 atom stereocenters. The van der Waals surface area contributed by atoms with Gasteiger partial charge >= 0.3 is 6.18 Å². The minimum atomic E-state index is -4.56.